The molecular weight excluding hydrogens is 540 g/mol. The van der Waals surface area contributed by atoms with E-state index in [-0.39, 0.29) is 30.2 Å². The standard InChI is InChI=1S/C34H34N6O3/c1-4-30(41)36-26-13-14-27-23(17-26)9-6-10-24(27)19-40-32-22(3)18-39(34(43)29-12-7-15-35-29)20-28(32)31(38-40)33(42)37-25-11-5-8-21(2)16-25/h5-17,22,35H,4,18-20H2,1-3H3,(H,36,41)(H,37,42). The molecule has 0 saturated carbocycles. The average Bonchev–Trinajstić information content (AvgIpc) is 3.66. The van der Waals surface area contributed by atoms with Gasteiger partial charge >= 0.3 is 0 Å². The molecule has 1 unspecified atom stereocenters. The van der Waals surface area contributed by atoms with Crippen LogP contribution in [0.5, 0.6) is 0 Å². The van der Waals surface area contributed by atoms with Crippen LogP contribution in [0, 0.1) is 6.92 Å². The molecule has 3 aromatic carbocycles. The quantitative estimate of drug-likeness (QED) is 0.219. The number of hydrogen-bond donors (Lipinski definition) is 3. The van der Waals surface area contributed by atoms with E-state index in [1.807, 2.05) is 73.1 Å². The molecule has 3 amide bonds. The van der Waals surface area contributed by atoms with Gasteiger partial charge in [0.1, 0.15) is 5.69 Å². The number of nitrogens with zero attached hydrogens (tertiary/aromatic N) is 3. The van der Waals surface area contributed by atoms with Crippen LogP contribution in [0.25, 0.3) is 10.8 Å². The fourth-order valence-electron chi connectivity index (χ4n) is 5.87. The number of nitrogens with one attached hydrogen (secondary N) is 3. The van der Waals surface area contributed by atoms with Crippen molar-refractivity contribution in [3.8, 4) is 0 Å². The third-order valence-corrected chi connectivity index (χ3v) is 7.91. The molecule has 0 bridgehead atoms. The summed E-state index contributed by atoms with van der Waals surface area (Å²) < 4.78 is 1.92. The van der Waals surface area contributed by atoms with Crippen molar-refractivity contribution in [2.45, 2.75) is 46.2 Å². The lowest BCUT2D eigenvalue weighted by Crippen LogP contribution is -2.38. The Balaban J connectivity index is 1.38. The maximum absolute atomic E-state index is 13.7. The van der Waals surface area contributed by atoms with Crippen LogP contribution in [-0.4, -0.2) is 43.9 Å². The summed E-state index contributed by atoms with van der Waals surface area (Å²) in [6, 6.07) is 23.2. The Morgan fingerprint density at radius 1 is 0.977 bits per heavy atom. The van der Waals surface area contributed by atoms with Crippen LogP contribution in [0.15, 0.2) is 79.0 Å². The van der Waals surface area contributed by atoms with Crippen molar-refractivity contribution in [1.29, 1.82) is 0 Å². The van der Waals surface area contributed by atoms with Gasteiger partial charge in [-0.05, 0) is 65.2 Å². The van der Waals surface area contributed by atoms with Gasteiger partial charge in [0.2, 0.25) is 5.91 Å². The van der Waals surface area contributed by atoms with E-state index in [1.165, 1.54) is 0 Å². The second-order valence-electron chi connectivity index (χ2n) is 11.1. The number of hydrogen-bond acceptors (Lipinski definition) is 4. The third kappa shape index (κ3) is 5.66. The van der Waals surface area contributed by atoms with Crippen molar-refractivity contribution in [3.05, 3.63) is 113 Å². The highest BCUT2D eigenvalue weighted by atomic mass is 16.2. The van der Waals surface area contributed by atoms with Gasteiger partial charge in [0, 0.05) is 47.7 Å². The minimum atomic E-state index is -0.309. The molecule has 3 N–H and O–H groups in total. The minimum Gasteiger partial charge on any atom is -0.357 e. The Kier molecular flexibility index (Phi) is 7.54. The molecule has 218 valence electrons. The van der Waals surface area contributed by atoms with Gasteiger partial charge in [-0.1, -0.05) is 50.2 Å². The number of fused-ring (bicyclic) bond motifs is 2. The topological polar surface area (TPSA) is 112 Å². The van der Waals surface area contributed by atoms with E-state index in [1.54, 1.807) is 23.2 Å². The fourth-order valence-corrected chi connectivity index (χ4v) is 5.87. The first kappa shape index (κ1) is 28.0. The first-order valence-corrected chi connectivity index (χ1v) is 14.5. The average molecular weight is 575 g/mol. The molecule has 0 aliphatic carbocycles. The smallest absolute Gasteiger partial charge is 0.276 e. The van der Waals surface area contributed by atoms with E-state index in [4.69, 9.17) is 5.10 Å². The molecule has 0 fully saturated rings. The number of aryl methyl sites for hydroxylation is 1. The van der Waals surface area contributed by atoms with Gasteiger partial charge in [-0.15, -0.1) is 0 Å². The summed E-state index contributed by atoms with van der Waals surface area (Å²) >= 11 is 0. The van der Waals surface area contributed by atoms with Crippen molar-refractivity contribution in [3.63, 3.8) is 0 Å². The van der Waals surface area contributed by atoms with Crippen molar-refractivity contribution in [1.82, 2.24) is 19.7 Å². The molecule has 2 aromatic heterocycles. The Morgan fingerprint density at radius 3 is 2.56 bits per heavy atom. The van der Waals surface area contributed by atoms with E-state index >= 15 is 0 Å². The van der Waals surface area contributed by atoms with E-state index < -0.39 is 0 Å². The lowest BCUT2D eigenvalue weighted by Gasteiger charge is -2.32. The predicted octanol–water partition coefficient (Wildman–Crippen LogP) is 6.08. The van der Waals surface area contributed by atoms with Crippen LogP contribution in [-0.2, 0) is 17.9 Å². The van der Waals surface area contributed by atoms with Gasteiger partial charge < -0.3 is 20.5 Å². The Labute approximate surface area is 249 Å². The first-order chi connectivity index (χ1) is 20.8. The Morgan fingerprint density at radius 2 is 1.79 bits per heavy atom. The summed E-state index contributed by atoms with van der Waals surface area (Å²) in [5.74, 6) is -0.508. The van der Waals surface area contributed by atoms with Gasteiger partial charge in [-0.2, -0.15) is 5.10 Å². The molecule has 9 nitrogen and oxygen atoms in total. The molecule has 43 heavy (non-hydrogen) atoms. The maximum atomic E-state index is 13.7. The number of rotatable bonds is 7. The zero-order valence-corrected chi connectivity index (χ0v) is 24.5. The van der Waals surface area contributed by atoms with Crippen LogP contribution in [0.1, 0.15) is 69.5 Å². The molecule has 1 aliphatic heterocycles. The van der Waals surface area contributed by atoms with Gasteiger partial charge in [-0.25, -0.2) is 0 Å². The number of amides is 3. The zero-order valence-electron chi connectivity index (χ0n) is 24.5. The molecule has 0 saturated heterocycles. The highest BCUT2D eigenvalue weighted by molar-refractivity contribution is 6.04. The van der Waals surface area contributed by atoms with Crippen LogP contribution < -0.4 is 10.6 Å². The predicted molar refractivity (Wildman–Crippen MR) is 167 cm³/mol. The number of aromatic amines is 1. The van der Waals surface area contributed by atoms with Crippen LogP contribution in [0.2, 0.25) is 0 Å². The summed E-state index contributed by atoms with van der Waals surface area (Å²) in [4.78, 5) is 43.7. The second-order valence-corrected chi connectivity index (χ2v) is 11.1. The van der Waals surface area contributed by atoms with Gasteiger partial charge in [0.25, 0.3) is 11.8 Å². The molecule has 1 aliphatic rings. The minimum absolute atomic E-state index is 0.0343. The SMILES string of the molecule is CCC(=O)Nc1ccc2c(Cn3nc(C(=O)Nc4cccc(C)c4)c4c3C(C)CN(C(=O)c3ccc[nH]3)C4)cccc2c1. The molecule has 0 spiro atoms. The first-order valence-electron chi connectivity index (χ1n) is 14.5. The van der Waals surface area contributed by atoms with Crippen molar-refractivity contribution in [2.24, 2.45) is 0 Å². The normalized spacial score (nSPS) is 14.4. The Hall–Kier alpha value is -5.18. The van der Waals surface area contributed by atoms with Crippen LogP contribution >= 0.6 is 0 Å². The maximum Gasteiger partial charge on any atom is 0.276 e. The molecule has 0 radical (unpaired) electrons. The molecule has 3 heterocycles. The summed E-state index contributed by atoms with van der Waals surface area (Å²) in [6.45, 7) is 7.11. The zero-order chi connectivity index (χ0) is 30.1. The van der Waals surface area contributed by atoms with E-state index in [9.17, 15) is 14.4 Å². The number of H-pyrrole nitrogens is 1. The summed E-state index contributed by atoms with van der Waals surface area (Å²) in [6.07, 6.45) is 2.14. The van der Waals surface area contributed by atoms with Crippen LogP contribution in [0.3, 0.4) is 0 Å². The molecule has 5 aromatic rings. The van der Waals surface area contributed by atoms with Gasteiger partial charge in [0.15, 0.2) is 5.69 Å². The largest absolute Gasteiger partial charge is 0.357 e. The van der Waals surface area contributed by atoms with Crippen LogP contribution in [0.4, 0.5) is 11.4 Å². The highest BCUT2D eigenvalue weighted by Crippen LogP contribution is 2.33. The van der Waals surface area contributed by atoms with Gasteiger partial charge in [0.05, 0.1) is 13.1 Å². The molecular formula is C34H34N6O3. The Bertz CT molecular complexity index is 1840. The number of anilines is 2. The molecule has 1 atom stereocenters. The lowest BCUT2D eigenvalue weighted by molar-refractivity contribution is -0.115. The van der Waals surface area contributed by atoms with Crippen molar-refractivity contribution < 1.29 is 14.4 Å². The van der Waals surface area contributed by atoms with E-state index in [0.29, 0.717) is 36.6 Å². The van der Waals surface area contributed by atoms with E-state index in [0.717, 1.165) is 38.8 Å². The van der Waals surface area contributed by atoms with Crippen molar-refractivity contribution in [2.75, 3.05) is 17.2 Å². The number of aromatic nitrogens is 3. The number of benzene rings is 3. The lowest BCUT2D eigenvalue weighted by atomic mass is 9.95. The number of carbonyl (C=O) groups is 3. The monoisotopic (exact) mass is 574 g/mol. The van der Waals surface area contributed by atoms with Crippen molar-refractivity contribution >= 4 is 39.9 Å². The summed E-state index contributed by atoms with van der Waals surface area (Å²) in [5, 5.41) is 12.9. The second kappa shape index (κ2) is 11.6. The highest BCUT2D eigenvalue weighted by Gasteiger charge is 2.34. The number of carbonyl (C=O) groups excluding carboxylic acids is 3. The molecule has 6 rings (SSSR count). The van der Waals surface area contributed by atoms with E-state index in [2.05, 4.69) is 28.6 Å². The summed E-state index contributed by atoms with van der Waals surface area (Å²) in [5.41, 5.74) is 6.06. The molecule has 9 heteroatoms. The third-order valence-electron chi connectivity index (χ3n) is 7.91. The fraction of sp³-hybridized carbons (Fsp3) is 0.235. The van der Waals surface area contributed by atoms with Gasteiger partial charge in [-0.3, -0.25) is 19.1 Å². The summed E-state index contributed by atoms with van der Waals surface area (Å²) in [7, 11) is 0.